The number of hydrogen-bond donors (Lipinski definition) is 2. The molecule has 0 aromatic heterocycles. The largest absolute Gasteiger partial charge is 0.397 e. The van der Waals surface area contributed by atoms with Gasteiger partial charge in [0.15, 0.2) is 0 Å². The van der Waals surface area contributed by atoms with E-state index in [9.17, 15) is 0 Å². The predicted molar refractivity (Wildman–Crippen MR) is 357 cm³/mol. The first kappa shape index (κ1) is 81.8. The monoisotopic (exact) mass is 1140 g/mol. The molecule has 0 fully saturated rings. The molecule has 2 N–H and O–H groups in total. The Balaban J connectivity index is 0. The van der Waals surface area contributed by atoms with Crippen molar-refractivity contribution in [3.8, 4) is 0 Å². The maximum absolute atomic E-state index is 7.57. The summed E-state index contributed by atoms with van der Waals surface area (Å²) >= 11 is 0. The summed E-state index contributed by atoms with van der Waals surface area (Å²) in [7, 11) is 0. The molecule has 80 heavy (non-hydrogen) atoms. The van der Waals surface area contributed by atoms with Crippen LogP contribution in [0.1, 0.15) is 420 Å². The van der Waals surface area contributed by atoms with E-state index in [1.165, 1.54) is 360 Å². The molecule has 0 bridgehead atoms. The molecule has 0 aromatic carbocycles. The standard InChI is InChI=1S/C72H147NO4.C2H6O/c1-5-9-13-17-21-25-29-33-37-39-43-47-51-55-59-63-67-76-71(69-74-65-61-57-53-49-45-41-35-31-27-23-19-15-11-7-3)73-72(70-75-66-62-58-54-50-46-42-36-32-28-24-20-16-12-8-4)77-68-64-60-56-52-48-44-40-38-34-30-26-22-18-14-10-6-2;1-2-3/h71-73H,5-70H2,1-4H3;3H,2H2,1H3. The van der Waals surface area contributed by atoms with Gasteiger partial charge in [-0.1, -0.05) is 387 Å². The molecule has 0 aliphatic carbocycles. The van der Waals surface area contributed by atoms with Gasteiger partial charge in [0.25, 0.3) is 0 Å². The Kier molecular flexibility index (Phi) is 80.6. The average molecular weight is 1140 g/mol. The van der Waals surface area contributed by atoms with E-state index in [0.29, 0.717) is 13.2 Å². The van der Waals surface area contributed by atoms with E-state index in [0.717, 1.165) is 52.1 Å². The number of ether oxygens (including phenoxy) is 4. The fraction of sp³-hybridized carbons (Fsp3) is 1.00. The van der Waals surface area contributed by atoms with Crippen molar-refractivity contribution in [1.29, 1.82) is 0 Å². The number of unbranched alkanes of at least 4 members (excludes halogenated alkanes) is 56. The molecular weight excluding hydrogens is 983 g/mol. The van der Waals surface area contributed by atoms with Gasteiger partial charge in [-0.3, -0.25) is 5.32 Å². The van der Waals surface area contributed by atoms with Gasteiger partial charge in [0.05, 0.1) is 13.2 Å². The molecule has 2 unspecified atom stereocenters. The quantitative estimate of drug-likeness (QED) is 0.0467. The highest BCUT2D eigenvalue weighted by atomic mass is 16.6. The van der Waals surface area contributed by atoms with Crippen LogP contribution >= 0.6 is 0 Å². The van der Waals surface area contributed by atoms with Crippen LogP contribution in [0.5, 0.6) is 0 Å². The van der Waals surface area contributed by atoms with E-state index >= 15 is 0 Å². The van der Waals surface area contributed by atoms with Gasteiger partial charge in [0.1, 0.15) is 12.5 Å². The maximum atomic E-state index is 7.57. The zero-order chi connectivity index (χ0) is 58.1. The van der Waals surface area contributed by atoms with Gasteiger partial charge < -0.3 is 24.1 Å². The van der Waals surface area contributed by atoms with Crippen molar-refractivity contribution in [2.75, 3.05) is 46.2 Å². The van der Waals surface area contributed by atoms with E-state index < -0.39 is 0 Å². The number of hydrogen-bond acceptors (Lipinski definition) is 6. The highest BCUT2D eigenvalue weighted by Crippen LogP contribution is 2.18. The Morgan fingerprint density at radius 1 is 0.212 bits per heavy atom. The smallest absolute Gasteiger partial charge is 0.133 e. The lowest BCUT2D eigenvalue weighted by Crippen LogP contribution is -2.47. The van der Waals surface area contributed by atoms with Crippen molar-refractivity contribution < 1.29 is 24.1 Å². The molecule has 0 aromatic rings. The first-order chi connectivity index (χ1) is 39.7. The van der Waals surface area contributed by atoms with Crippen molar-refractivity contribution in [3.63, 3.8) is 0 Å². The minimum atomic E-state index is -0.168. The Hall–Kier alpha value is -0.240. The van der Waals surface area contributed by atoms with Crippen LogP contribution in [0.15, 0.2) is 0 Å². The molecule has 6 heteroatoms. The predicted octanol–water partition coefficient (Wildman–Crippen LogP) is 24.8. The Morgan fingerprint density at radius 2 is 0.350 bits per heavy atom. The van der Waals surface area contributed by atoms with E-state index in [-0.39, 0.29) is 19.1 Å². The summed E-state index contributed by atoms with van der Waals surface area (Å²) in [5.41, 5.74) is 0. The Morgan fingerprint density at radius 3 is 0.512 bits per heavy atom. The third-order valence-corrected chi connectivity index (χ3v) is 16.8. The summed E-state index contributed by atoms with van der Waals surface area (Å²) in [5, 5.41) is 11.3. The van der Waals surface area contributed by atoms with Crippen molar-refractivity contribution >= 4 is 0 Å². The molecule has 0 radical (unpaired) electrons. The topological polar surface area (TPSA) is 69.2 Å². The van der Waals surface area contributed by atoms with Gasteiger partial charge in [-0.2, -0.15) is 0 Å². The van der Waals surface area contributed by atoms with Crippen LogP contribution in [0.4, 0.5) is 0 Å². The second-order valence-corrected chi connectivity index (χ2v) is 25.2. The highest BCUT2D eigenvalue weighted by molar-refractivity contribution is 4.63. The van der Waals surface area contributed by atoms with E-state index in [1.807, 2.05) is 0 Å². The van der Waals surface area contributed by atoms with Gasteiger partial charge in [-0.25, -0.2) is 0 Å². The minimum Gasteiger partial charge on any atom is -0.397 e. The summed E-state index contributed by atoms with van der Waals surface area (Å²) in [4.78, 5) is 0. The van der Waals surface area contributed by atoms with Crippen molar-refractivity contribution in [3.05, 3.63) is 0 Å². The van der Waals surface area contributed by atoms with Crippen molar-refractivity contribution in [1.82, 2.24) is 5.32 Å². The molecule has 0 aliphatic rings. The lowest BCUT2D eigenvalue weighted by molar-refractivity contribution is -0.0993. The third-order valence-electron chi connectivity index (χ3n) is 16.8. The van der Waals surface area contributed by atoms with Crippen LogP contribution in [0.25, 0.3) is 0 Å². The highest BCUT2D eigenvalue weighted by Gasteiger charge is 2.18. The van der Waals surface area contributed by atoms with Crippen LogP contribution in [-0.2, 0) is 18.9 Å². The lowest BCUT2D eigenvalue weighted by atomic mass is 10.0. The molecule has 0 spiro atoms. The zero-order valence-corrected chi connectivity index (χ0v) is 56.1. The fourth-order valence-corrected chi connectivity index (χ4v) is 11.4. The summed E-state index contributed by atoms with van der Waals surface area (Å²) in [6, 6.07) is 0. The first-order valence-corrected chi connectivity index (χ1v) is 37.4. The van der Waals surface area contributed by atoms with Crippen LogP contribution in [0.2, 0.25) is 0 Å². The van der Waals surface area contributed by atoms with Gasteiger partial charge >= 0.3 is 0 Å². The second kappa shape index (κ2) is 78.8. The van der Waals surface area contributed by atoms with Crippen LogP contribution in [0, 0.1) is 0 Å². The Labute approximate surface area is 505 Å². The summed E-state index contributed by atoms with van der Waals surface area (Å²) in [6.45, 7) is 15.5. The second-order valence-electron chi connectivity index (χ2n) is 25.2. The normalized spacial score (nSPS) is 12.4. The van der Waals surface area contributed by atoms with Crippen molar-refractivity contribution in [2.45, 2.75) is 432 Å². The fourth-order valence-electron chi connectivity index (χ4n) is 11.4. The maximum Gasteiger partial charge on any atom is 0.133 e. The molecular formula is C74H153NO5. The van der Waals surface area contributed by atoms with E-state index in [1.54, 1.807) is 6.92 Å². The molecule has 0 aliphatic heterocycles. The molecule has 484 valence electrons. The SMILES string of the molecule is CCCCCCCCCCCCCCCCCCOC(COCCCCCCCCCCCCCCCC)NC(COCCCCCCCCCCCCCCCC)OCCCCCCCCCCCCCCCCCC.CCO. The minimum absolute atomic E-state index is 0.168. The molecule has 2 atom stereocenters. The van der Waals surface area contributed by atoms with Gasteiger partial charge in [-0.05, 0) is 32.6 Å². The van der Waals surface area contributed by atoms with Crippen LogP contribution in [0.3, 0.4) is 0 Å². The van der Waals surface area contributed by atoms with Crippen LogP contribution < -0.4 is 5.32 Å². The first-order valence-electron chi connectivity index (χ1n) is 37.4. The van der Waals surface area contributed by atoms with Gasteiger partial charge in [0, 0.05) is 33.0 Å². The number of rotatable bonds is 72. The van der Waals surface area contributed by atoms with Gasteiger partial charge in [-0.15, -0.1) is 0 Å². The number of nitrogens with one attached hydrogen (secondary N) is 1. The Bertz CT molecular complexity index is 939. The van der Waals surface area contributed by atoms with Gasteiger partial charge in [0.2, 0.25) is 0 Å². The molecule has 0 saturated carbocycles. The zero-order valence-electron chi connectivity index (χ0n) is 56.1. The molecule has 6 nitrogen and oxygen atoms in total. The number of aliphatic hydroxyl groups is 1. The molecule has 0 amide bonds. The summed E-state index contributed by atoms with van der Waals surface area (Å²) in [6.07, 6.45) is 82.8. The van der Waals surface area contributed by atoms with Crippen LogP contribution in [-0.4, -0.2) is 63.8 Å². The van der Waals surface area contributed by atoms with E-state index in [4.69, 9.17) is 24.1 Å². The third kappa shape index (κ3) is 75.8. The lowest BCUT2D eigenvalue weighted by Gasteiger charge is -2.26. The molecule has 0 heterocycles. The average Bonchev–Trinajstić information content (AvgIpc) is 3.46. The van der Waals surface area contributed by atoms with Crippen molar-refractivity contribution in [2.24, 2.45) is 0 Å². The summed E-state index contributed by atoms with van der Waals surface area (Å²) < 4.78 is 26.0. The molecule has 0 rings (SSSR count). The van der Waals surface area contributed by atoms with E-state index in [2.05, 4.69) is 33.0 Å². The number of aliphatic hydroxyl groups excluding tert-OH is 1. The summed E-state index contributed by atoms with van der Waals surface area (Å²) in [5.74, 6) is 0. The molecule has 0 saturated heterocycles.